The molecule has 0 amide bonds. The molecule has 2 aromatic rings. The minimum Gasteiger partial charge on any atom is -0.355 e. The smallest absolute Gasteiger partial charge is 0.355 e. The molecule has 0 fully saturated rings. The van der Waals surface area contributed by atoms with Crippen molar-refractivity contribution in [2.24, 2.45) is 4.99 Å². The second-order valence-corrected chi connectivity index (χ2v) is 6.27. The molecule has 1 aliphatic rings. The van der Waals surface area contributed by atoms with Crippen LogP contribution in [0.4, 0.5) is 19.1 Å². The number of hydrogen-bond donors (Lipinski definition) is 3. The largest absolute Gasteiger partial charge is 0.433 e. The van der Waals surface area contributed by atoms with Crippen molar-refractivity contribution in [3.8, 4) is 0 Å². The molecule has 0 radical (unpaired) electrons. The van der Waals surface area contributed by atoms with Gasteiger partial charge in [0.15, 0.2) is 5.96 Å². The Morgan fingerprint density at radius 3 is 2.89 bits per heavy atom. The Morgan fingerprint density at radius 1 is 1.32 bits per heavy atom. The predicted molar refractivity (Wildman–Crippen MR) is 96.8 cm³/mol. The van der Waals surface area contributed by atoms with E-state index in [-0.39, 0.29) is 12.0 Å². The van der Waals surface area contributed by atoms with Crippen molar-refractivity contribution < 1.29 is 13.2 Å². The first kappa shape index (κ1) is 19.8. The van der Waals surface area contributed by atoms with Crippen LogP contribution >= 0.6 is 0 Å². The molecule has 1 aliphatic heterocycles. The fourth-order valence-corrected chi connectivity index (χ4v) is 2.92. The number of aryl methyl sites for hydroxylation is 2. The lowest BCUT2D eigenvalue weighted by molar-refractivity contribution is -0.141. The first-order chi connectivity index (χ1) is 13.4. The Bertz CT molecular complexity index is 831. The van der Waals surface area contributed by atoms with Crippen molar-refractivity contribution in [1.29, 1.82) is 0 Å². The van der Waals surface area contributed by atoms with E-state index in [0.29, 0.717) is 19.0 Å². The van der Waals surface area contributed by atoms with Gasteiger partial charge in [0.1, 0.15) is 17.3 Å². The lowest BCUT2D eigenvalue weighted by Gasteiger charge is -2.25. The average molecular weight is 397 g/mol. The minimum absolute atomic E-state index is 0.000842. The van der Waals surface area contributed by atoms with Crippen LogP contribution in [0, 0.1) is 6.92 Å². The summed E-state index contributed by atoms with van der Waals surface area (Å²) in [5.41, 5.74) is -0.980. The topological polar surface area (TPSA) is 105 Å². The van der Waals surface area contributed by atoms with E-state index in [1.165, 1.54) is 0 Å². The highest BCUT2D eigenvalue weighted by atomic mass is 19.4. The molecule has 152 valence electrons. The maximum Gasteiger partial charge on any atom is 0.433 e. The molecule has 2 aromatic heterocycles. The summed E-state index contributed by atoms with van der Waals surface area (Å²) >= 11 is 0. The van der Waals surface area contributed by atoms with Gasteiger partial charge >= 0.3 is 6.18 Å². The van der Waals surface area contributed by atoms with Crippen molar-refractivity contribution in [3.05, 3.63) is 29.6 Å². The molecular weight excluding hydrogens is 375 g/mol. The lowest BCUT2D eigenvalue weighted by Crippen LogP contribution is -2.43. The van der Waals surface area contributed by atoms with Gasteiger partial charge in [-0.25, -0.2) is 19.6 Å². The Morgan fingerprint density at radius 2 is 2.14 bits per heavy atom. The zero-order valence-corrected chi connectivity index (χ0v) is 15.6. The minimum atomic E-state index is -4.50. The Kier molecular flexibility index (Phi) is 5.95. The molecule has 0 spiro atoms. The number of guanidine groups is 1. The van der Waals surface area contributed by atoms with Crippen molar-refractivity contribution in [2.75, 3.05) is 25.5 Å². The van der Waals surface area contributed by atoms with Crippen molar-refractivity contribution >= 4 is 11.9 Å². The zero-order valence-electron chi connectivity index (χ0n) is 15.6. The molecule has 3 rings (SSSR count). The number of nitrogens with one attached hydrogen (secondary N) is 3. The monoisotopic (exact) mass is 397 g/mol. The van der Waals surface area contributed by atoms with Crippen LogP contribution in [0.25, 0.3) is 0 Å². The first-order valence-electron chi connectivity index (χ1n) is 8.89. The second kappa shape index (κ2) is 8.40. The van der Waals surface area contributed by atoms with Gasteiger partial charge in [-0.15, -0.1) is 0 Å². The maximum absolute atomic E-state index is 12.7. The van der Waals surface area contributed by atoms with E-state index in [1.54, 1.807) is 7.05 Å². The fourth-order valence-electron chi connectivity index (χ4n) is 2.92. The van der Waals surface area contributed by atoms with Crippen molar-refractivity contribution in [3.63, 3.8) is 0 Å². The van der Waals surface area contributed by atoms with Gasteiger partial charge in [-0.1, -0.05) is 0 Å². The van der Waals surface area contributed by atoms with Gasteiger partial charge in [0, 0.05) is 32.9 Å². The summed E-state index contributed by atoms with van der Waals surface area (Å²) in [5, 5.41) is 13.6. The van der Waals surface area contributed by atoms with Gasteiger partial charge < -0.3 is 16.0 Å². The van der Waals surface area contributed by atoms with Gasteiger partial charge in [0.05, 0.1) is 6.04 Å². The highest BCUT2D eigenvalue weighted by molar-refractivity contribution is 5.80. The third-order valence-electron chi connectivity index (χ3n) is 4.16. The summed E-state index contributed by atoms with van der Waals surface area (Å²) in [7, 11) is 1.65. The van der Waals surface area contributed by atoms with E-state index < -0.39 is 11.9 Å². The number of hydrogen-bond acceptors (Lipinski definition) is 6. The summed E-state index contributed by atoms with van der Waals surface area (Å²) in [6, 6.07) is 0.834. The normalized spacial score (nSPS) is 17.2. The van der Waals surface area contributed by atoms with Crippen LogP contribution in [0.5, 0.6) is 0 Å². The molecule has 0 saturated carbocycles. The van der Waals surface area contributed by atoms with E-state index in [2.05, 4.69) is 41.0 Å². The molecule has 0 aliphatic carbocycles. The zero-order chi connectivity index (χ0) is 20.1. The van der Waals surface area contributed by atoms with Gasteiger partial charge in [-0.2, -0.15) is 18.3 Å². The molecule has 1 unspecified atom stereocenters. The molecular formula is C16H22F3N9. The number of anilines is 1. The summed E-state index contributed by atoms with van der Waals surface area (Å²) < 4.78 is 39.9. The van der Waals surface area contributed by atoms with Crippen LogP contribution in [0.2, 0.25) is 0 Å². The van der Waals surface area contributed by atoms with E-state index in [4.69, 9.17) is 0 Å². The molecule has 0 aromatic carbocycles. The number of fused-ring (bicyclic) bond motifs is 1. The molecule has 3 N–H and O–H groups in total. The Labute approximate surface area is 159 Å². The van der Waals surface area contributed by atoms with E-state index >= 15 is 0 Å². The molecule has 3 heterocycles. The Hall–Kier alpha value is -2.92. The first-order valence-corrected chi connectivity index (χ1v) is 8.89. The summed E-state index contributed by atoms with van der Waals surface area (Å²) in [6.07, 6.45) is -1.52. The molecule has 28 heavy (non-hydrogen) atoms. The van der Waals surface area contributed by atoms with Crippen molar-refractivity contribution in [2.45, 2.75) is 38.5 Å². The van der Waals surface area contributed by atoms with E-state index in [9.17, 15) is 13.2 Å². The summed E-state index contributed by atoms with van der Waals surface area (Å²) in [5.74, 6) is 2.11. The van der Waals surface area contributed by atoms with Gasteiger partial charge in [0.25, 0.3) is 0 Å². The van der Waals surface area contributed by atoms with Crippen LogP contribution in [-0.4, -0.2) is 50.8 Å². The number of aliphatic imine (C=N–C) groups is 1. The Balaban J connectivity index is 1.49. The highest BCUT2D eigenvalue weighted by Crippen LogP contribution is 2.27. The molecule has 12 heteroatoms. The summed E-state index contributed by atoms with van der Waals surface area (Å²) in [4.78, 5) is 15.9. The third kappa shape index (κ3) is 4.87. The second-order valence-electron chi connectivity index (χ2n) is 6.27. The number of rotatable bonds is 5. The predicted octanol–water partition coefficient (Wildman–Crippen LogP) is 1.51. The maximum atomic E-state index is 12.7. The molecule has 0 bridgehead atoms. The molecule has 1 atom stereocenters. The average Bonchev–Trinajstić information content (AvgIpc) is 3.05. The molecule has 0 saturated heterocycles. The number of alkyl halides is 3. The van der Waals surface area contributed by atoms with Crippen LogP contribution in [-0.2, 0) is 12.7 Å². The quantitative estimate of drug-likeness (QED) is 0.399. The number of aromatic nitrogens is 5. The fraction of sp³-hybridized carbons (Fsp3) is 0.562. The van der Waals surface area contributed by atoms with Crippen LogP contribution < -0.4 is 16.0 Å². The number of nitrogens with zero attached hydrogens (tertiary/aromatic N) is 6. The van der Waals surface area contributed by atoms with Crippen LogP contribution in [0.1, 0.15) is 36.2 Å². The standard InChI is InChI=1S/C16H22F3N9/c1-10-24-13-11(4-3-9-28(13)27-10)25-14(20-2)22-7-8-23-15-21-6-5-12(26-15)16(17,18)19/h5-6,11H,3-4,7-9H2,1-2H3,(H2,20,22,25)(H,21,23,26). The number of halogens is 3. The SMILES string of the molecule is CN=C(NCCNc1nccc(C(F)(F)F)n1)NC1CCCn2nc(C)nc21. The van der Waals surface area contributed by atoms with E-state index in [1.807, 2.05) is 11.6 Å². The van der Waals surface area contributed by atoms with Gasteiger partial charge in [-0.3, -0.25) is 4.99 Å². The van der Waals surface area contributed by atoms with Crippen molar-refractivity contribution in [1.82, 2.24) is 35.4 Å². The van der Waals surface area contributed by atoms with Crippen LogP contribution in [0.15, 0.2) is 17.3 Å². The van der Waals surface area contributed by atoms with E-state index in [0.717, 1.165) is 43.3 Å². The molecule has 9 nitrogen and oxygen atoms in total. The van der Waals surface area contributed by atoms with Gasteiger partial charge in [-0.05, 0) is 25.8 Å². The third-order valence-corrected chi connectivity index (χ3v) is 4.16. The van der Waals surface area contributed by atoms with Gasteiger partial charge in [0.2, 0.25) is 5.95 Å². The lowest BCUT2D eigenvalue weighted by atomic mass is 10.1. The van der Waals surface area contributed by atoms with Crippen LogP contribution in [0.3, 0.4) is 0 Å². The summed E-state index contributed by atoms with van der Waals surface area (Å²) in [6.45, 7) is 3.44. The highest BCUT2D eigenvalue weighted by Gasteiger charge is 2.32.